The van der Waals surface area contributed by atoms with Gasteiger partial charge in [-0.15, -0.1) is 0 Å². The third-order valence-electron chi connectivity index (χ3n) is 3.56. The van der Waals surface area contributed by atoms with Crippen molar-refractivity contribution in [1.82, 2.24) is 20.3 Å². The molecule has 3 aromatic rings. The van der Waals surface area contributed by atoms with E-state index in [1.165, 1.54) is 6.20 Å². The van der Waals surface area contributed by atoms with Crippen LogP contribution in [-0.4, -0.2) is 26.9 Å². The van der Waals surface area contributed by atoms with E-state index < -0.39 is 0 Å². The van der Waals surface area contributed by atoms with Gasteiger partial charge >= 0.3 is 0 Å². The maximum atomic E-state index is 12.3. The van der Waals surface area contributed by atoms with Crippen LogP contribution in [0.4, 0.5) is 0 Å². The molecule has 0 aliphatic rings. The smallest absolute Gasteiger partial charge is 0.255 e. The Morgan fingerprint density at radius 2 is 2.13 bits per heavy atom. The van der Waals surface area contributed by atoms with Gasteiger partial charge in [0.15, 0.2) is 5.65 Å². The molecule has 0 aliphatic heterocycles. The first-order chi connectivity index (χ1) is 11.2. The second kappa shape index (κ2) is 6.48. The van der Waals surface area contributed by atoms with Crippen LogP contribution in [0.1, 0.15) is 30.6 Å². The summed E-state index contributed by atoms with van der Waals surface area (Å²) >= 11 is 0. The molecule has 3 rings (SSSR count). The van der Waals surface area contributed by atoms with Gasteiger partial charge < -0.3 is 15.0 Å². The molecule has 0 radical (unpaired) electrons. The van der Waals surface area contributed by atoms with E-state index in [0.717, 1.165) is 6.42 Å². The number of fused-ring (bicyclic) bond motifs is 1. The number of nitrogens with one attached hydrogen (secondary N) is 2. The number of H-pyrrole nitrogens is 1. The quantitative estimate of drug-likeness (QED) is 0.758. The van der Waals surface area contributed by atoms with E-state index >= 15 is 0 Å². The SMILES string of the molecule is CC[C@H](C)NC(=O)c1c[nH]c2ncc(Oc3ccccc3)nc12. The summed E-state index contributed by atoms with van der Waals surface area (Å²) in [4.78, 5) is 23.9. The highest BCUT2D eigenvalue weighted by Gasteiger charge is 2.16. The van der Waals surface area contributed by atoms with Crippen LogP contribution in [0.5, 0.6) is 11.6 Å². The normalized spacial score (nSPS) is 12.1. The average Bonchev–Trinajstić information content (AvgIpc) is 2.99. The fraction of sp³-hybridized carbons (Fsp3) is 0.235. The van der Waals surface area contributed by atoms with Crippen LogP contribution in [0.2, 0.25) is 0 Å². The van der Waals surface area contributed by atoms with Crippen LogP contribution in [0, 0.1) is 0 Å². The highest BCUT2D eigenvalue weighted by molar-refractivity contribution is 6.04. The topological polar surface area (TPSA) is 79.9 Å². The Balaban J connectivity index is 1.89. The highest BCUT2D eigenvalue weighted by atomic mass is 16.5. The van der Waals surface area contributed by atoms with E-state index in [1.807, 2.05) is 44.2 Å². The zero-order chi connectivity index (χ0) is 16.2. The summed E-state index contributed by atoms with van der Waals surface area (Å²) in [6, 6.07) is 9.43. The predicted octanol–water partition coefficient (Wildman–Crippen LogP) is 3.28. The van der Waals surface area contributed by atoms with Gasteiger partial charge in [0.1, 0.15) is 11.3 Å². The first-order valence-corrected chi connectivity index (χ1v) is 7.55. The lowest BCUT2D eigenvalue weighted by Crippen LogP contribution is -2.31. The number of nitrogens with zero attached hydrogens (tertiary/aromatic N) is 2. The lowest BCUT2D eigenvalue weighted by Gasteiger charge is -2.10. The van der Waals surface area contributed by atoms with Crippen molar-refractivity contribution in [2.45, 2.75) is 26.3 Å². The van der Waals surface area contributed by atoms with Crippen molar-refractivity contribution in [3.63, 3.8) is 0 Å². The molecule has 0 unspecified atom stereocenters. The molecule has 6 nitrogen and oxygen atoms in total. The van der Waals surface area contributed by atoms with Gasteiger partial charge in [0, 0.05) is 12.2 Å². The standard InChI is InChI=1S/C17H18N4O2/c1-3-11(2)20-17(22)13-9-18-16-15(13)21-14(10-19-16)23-12-7-5-4-6-8-12/h4-11H,3H2,1-2H3,(H,18,19)(H,20,22)/t11-/m0/s1. The van der Waals surface area contributed by atoms with E-state index in [9.17, 15) is 4.79 Å². The first-order valence-electron chi connectivity index (χ1n) is 7.55. The molecule has 2 aromatic heterocycles. The Hall–Kier alpha value is -2.89. The fourth-order valence-corrected chi connectivity index (χ4v) is 2.11. The van der Waals surface area contributed by atoms with Crippen LogP contribution in [0.15, 0.2) is 42.7 Å². The largest absolute Gasteiger partial charge is 0.437 e. The molecule has 2 heterocycles. The number of aromatic nitrogens is 3. The minimum absolute atomic E-state index is 0.101. The van der Waals surface area contributed by atoms with E-state index in [2.05, 4.69) is 20.3 Å². The zero-order valence-corrected chi connectivity index (χ0v) is 13.0. The molecular formula is C17H18N4O2. The molecule has 0 spiro atoms. The Bertz CT molecular complexity index is 814. The second-order valence-electron chi connectivity index (χ2n) is 5.31. The van der Waals surface area contributed by atoms with Crippen molar-refractivity contribution in [2.75, 3.05) is 0 Å². The Labute approximate surface area is 133 Å². The minimum atomic E-state index is -0.170. The third-order valence-corrected chi connectivity index (χ3v) is 3.56. The maximum absolute atomic E-state index is 12.3. The van der Waals surface area contributed by atoms with Crippen LogP contribution >= 0.6 is 0 Å². The number of carbonyl (C=O) groups excluding carboxylic acids is 1. The summed E-state index contributed by atoms with van der Waals surface area (Å²) in [6.07, 6.45) is 4.01. The van der Waals surface area contributed by atoms with Gasteiger partial charge in [-0.25, -0.2) is 9.97 Å². The molecule has 0 fully saturated rings. The Morgan fingerprint density at radius 3 is 2.87 bits per heavy atom. The van der Waals surface area contributed by atoms with Crippen molar-refractivity contribution in [1.29, 1.82) is 0 Å². The van der Waals surface area contributed by atoms with Crippen molar-refractivity contribution in [2.24, 2.45) is 0 Å². The average molecular weight is 310 g/mol. The van der Waals surface area contributed by atoms with Gasteiger partial charge in [-0.3, -0.25) is 4.79 Å². The van der Waals surface area contributed by atoms with Gasteiger partial charge in [-0.05, 0) is 25.5 Å². The first kappa shape index (κ1) is 15.0. The second-order valence-corrected chi connectivity index (χ2v) is 5.31. The highest BCUT2D eigenvalue weighted by Crippen LogP contribution is 2.22. The number of ether oxygens (including phenoxy) is 1. The van der Waals surface area contributed by atoms with Gasteiger partial charge in [0.25, 0.3) is 5.91 Å². The molecule has 1 amide bonds. The van der Waals surface area contributed by atoms with Gasteiger partial charge in [0.2, 0.25) is 5.88 Å². The van der Waals surface area contributed by atoms with Crippen molar-refractivity contribution < 1.29 is 9.53 Å². The van der Waals surface area contributed by atoms with Crippen molar-refractivity contribution in [3.05, 3.63) is 48.3 Å². The molecule has 0 saturated heterocycles. The van der Waals surface area contributed by atoms with E-state index in [0.29, 0.717) is 28.4 Å². The number of carbonyl (C=O) groups is 1. The summed E-state index contributed by atoms with van der Waals surface area (Å²) < 4.78 is 5.67. The Kier molecular flexibility index (Phi) is 4.23. The number of benzene rings is 1. The van der Waals surface area contributed by atoms with E-state index in [1.54, 1.807) is 6.20 Å². The summed E-state index contributed by atoms with van der Waals surface area (Å²) in [5.41, 5.74) is 1.52. The molecule has 6 heteroatoms. The number of rotatable bonds is 5. The molecule has 2 N–H and O–H groups in total. The number of para-hydroxylation sites is 1. The van der Waals surface area contributed by atoms with Gasteiger partial charge in [-0.2, -0.15) is 0 Å². The molecule has 0 saturated carbocycles. The van der Waals surface area contributed by atoms with Crippen LogP contribution in [0.3, 0.4) is 0 Å². The summed E-state index contributed by atoms with van der Waals surface area (Å²) in [5, 5.41) is 2.93. The monoisotopic (exact) mass is 310 g/mol. The van der Waals surface area contributed by atoms with Crippen molar-refractivity contribution >= 4 is 17.1 Å². The number of amides is 1. The molecule has 0 bridgehead atoms. The molecule has 118 valence electrons. The molecular weight excluding hydrogens is 292 g/mol. The maximum Gasteiger partial charge on any atom is 0.255 e. The predicted molar refractivity (Wildman–Crippen MR) is 87.6 cm³/mol. The molecule has 0 aliphatic carbocycles. The van der Waals surface area contributed by atoms with Gasteiger partial charge in [-0.1, -0.05) is 25.1 Å². The van der Waals surface area contributed by atoms with Crippen molar-refractivity contribution in [3.8, 4) is 11.6 Å². The summed E-state index contributed by atoms with van der Waals surface area (Å²) in [7, 11) is 0. The van der Waals surface area contributed by atoms with Crippen LogP contribution in [-0.2, 0) is 0 Å². The zero-order valence-electron chi connectivity index (χ0n) is 13.0. The van der Waals surface area contributed by atoms with E-state index in [-0.39, 0.29) is 11.9 Å². The summed E-state index contributed by atoms with van der Waals surface area (Å²) in [6.45, 7) is 3.98. The fourth-order valence-electron chi connectivity index (χ4n) is 2.11. The Morgan fingerprint density at radius 1 is 1.35 bits per heavy atom. The lowest BCUT2D eigenvalue weighted by molar-refractivity contribution is 0.0941. The van der Waals surface area contributed by atoms with Gasteiger partial charge in [0.05, 0.1) is 11.8 Å². The number of aromatic amines is 1. The molecule has 1 atom stereocenters. The lowest BCUT2D eigenvalue weighted by atomic mass is 10.2. The molecule has 23 heavy (non-hydrogen) atoms. The van der Waals surface area contributed by atoms with Crippen LogP contribution < -0.4 is 10.1 Å². The van der Waals surface area contributed by atoms with E-state index in [4.69, 9.17) is 4.74 Å². The number of hydrogen-bond donors (Lipinski definition) is 2. The molecule has 1 aromatic carbocycles. The minimum Gasteiger partial charge on any atom is -0.437 e. The summed E-state index contributed by atoms with van der Waals surface area (Å²) in [5.74, 6) is 0.847. The van der Waals surface area contributed by atoms with Crippen LogP contribution in [0.25, 0.3) is 11.2 Å². The number of hydrogen-bond acceptors (Lipinski definition) is 4. The third kappa shape index (κ3) is 3.31.